The van der Waals surface area contributed by atoms with Gasteiger partial charge in [0.15, 0.2) is 0 Å². The van der Waals surface area contributed by atoms with Crippen molar-refractivity contribution in [3.05, 3.63) is 0 Å². The molecular weight excluding hydrogens is 581 g/mol. The lowest BCUT2D eigenvalue weighted by Gasteiger charge is -2.23. The molecule has 4 nitrogen and oxygen atoms in total. The number of unbranched alkanes of at least 4 members (excludes halogenated alkanes) is 18. The zero-order valence-corrected chi connectivity index (χ0v) is 33.9. The zero-order valence-electron chi connectivity index (χ0n) is 30.9. The van der Waals surface area contributed by atoms with Gasteiger partial charge in [-0.2, -0.15) is 0 Å². The molecule has 0 aliphatic carbocycles. The second-order valence-corrected chi connectivity index (χ2v) is 29.5. The first kappa shape index (κ1) is 43.5. The van der Waals surface area contributed by atoms with Gasteiger partial charge in [0.2, 0.25) is 0 Å². The van der Waals surface area contributed by atoms with Gasteiger partial charge in [-0.3, -0.25) is 0 Å². The lowest BCUT2D eigenvalue weighted by atomic mass is 10.1. The molecule has 260 valence electrons. The van der Waals surface area contributed by atoms with Crippen LogP contribution in [0.2, 0.25) is 63.0 Å². The fourth-order valence-corrected chi connectivity index (χ4v) is 13.1. The maximum absolute atomic E-state index is 5.60. The highest BCUT2D eigenvalue weighted by atomic mass is 28.4. The molecule has 0 atom stereocenters. The van der Waals surface area contributed by atoms with Crippen LogP contribution in [0.25, 0.3) is 0 Å². The van der Waals surface area contributed by atoms with Gasteiger partial charge >= 0.3 is 8.56 Å². The third-order valence-corrected chi connectivity index (χ3v) is 19.7. The predicted octanol–water partition coefficient (Wildman–Crippen LogP) is 12.9. The summed E-state index contributed by atoms with van der Waals surface area (Å²) in [5.74, 6) is 0. The van der Waals surface area contributed by atoms with E-state index in [0.29, 0.717) is 6.61 Å². The summed E-state index contributed by atoms with van der Waals surface area (Å²) >= 11 is 0. The van der Waals surface area contributed by atoms with Crippen molar-refractivity contribution in [2.45, 2.75) is 205 Å². The van der Waals surface area contributed by atoms with Crippen LogP contribution in [0.3, 0.4) is 0 Å². The molecule has 7 heteroatoms. The molecule has 0 heterocycles. The molecule has 0 aromatic heterocycles. The summed E-state index contributed by atoms with van der Waals surface area (Å²) in [4.78, 5) is 10.00. The highest BCUT2D eigenvalue weighted by molar-refractivity contribution is 6.77. The topological polar surface area (TPSA) is 36.9 Å². The summed E-state index contributed by atoms with van der Waals surface area (Å²) < 4.78 is 11.2. The van der Waals surface area contributed by atoms with Crippen LogP contribution in [0.4, 0.5) is 0 Å². The molecule has 0 amide bonds. The van der Waals surface area contributed by atoms with Crippen molar-refractivity contribution in [2.75, 3.05) is 27.4 Å². The minimum absolute atomic E-state index is 0.648. The molecule has 0 aliphatic heterocycles. The van der Waals surface area contributed by atoms with E-state index in [2.05, 4.69) is 32.7 Å². The van der Waals surface area contributed by atoms with E-state index in [-0.39, 0.29) is 0 Å². The van der Waals surface area contributed by atoms with E-state index in [9.17, 15) is 0 Å². The van der Waals surface area contributed by atoms with E-state index >= 15 is 0 Å². The third-order valence-electron chi connectivity index (χ3n) is 9.84. The Hall–Kier alpha value is 0.491. The van der Waals surface area contributed by atoms with E-state index in [4.69, 9.17) is 18.6 Å². The van der Waals surface area contributed by atoms with Crippen molar-refractivity contribution in [1.82, 2.24) is 0 Å². The molecule has 43 heavy (non-hydrogen) atoms. The van der Waals surface area contributed by atoms with Crippen LogP contribution in [0.5, 0.6) is 0 Å². The molecule has 0 spiro atoms. The summed E-state index contributed by atoms with van der Waals surface area (Å²) in [7, 11) is -0.172. The molecule has 0 rings (SSSR count). The van der Waals surface area contributed by atoms with Crippen molar-refractivity contribution in [3.63, 3.8) is 0 Å². The molecule has 0 saturated carbocycles. The van der Waals surface area contributed by atoms with E-state index in [1.54, 1.807) is 18.1 Å². The highest BCUT2D eigenvalue weighted by Crippen LogP contribution is 2.26. The van der Waals surface area contributed by atoms with Crippen molar-refractivity contribution in [3.8, 4) is 0 Å². The fourth-order valence-electron chi connectivity index (χ4n) is 6.35. The van der Waals surface area contributed by atoms with Gasteiger partial charge in [-0.25, -0.2) is 9.78 Å². The Labute approximate surface area is 274 Å². The Balaban J connectivity index is 3.54. The molecule has 0 fully saturated rings. The molecule has 0 aliphatic rings. The Morgan fingerprint density at radius 1 is 0.349 bits per heavy atom. The molecule has 0 bridgehead atoms. The average molecular weight is 661 g/mol. The first-order chi connectivity index (χ1) is 20.6. The van der Waals surface area contributed by atoms with Gasteiger partial charge in [0.1, 0.15) is 0 Å². The van der Waals surface area contributed by atoms with Gasteiger partial charge in [-0.1, -0.05) is 179 Å². The lowest BCUT2D eigenvalue weighted by Crippen LogP contribution is -2.35. The third kappa shape index (κ3) is 29.6. The highest BCUT2D eigenvalue weighted by Gasteiger charge is 2.27. The Bertz CT molecular complexity index is 585. The fraction of sp³-hybridized carbons (Fsp3) is 1.00. The molecular formula is C36H80O4Si3. The van der Waals surface area contributed by atoms with Crippen molar-refractivity contribution in [2.24, 2.45) is 0 Å². The second-order valence-electron chi connectivity index (χ2n) is 15.3. The molecule has 0 radical (unpaired) electrons. The minimum Gasteiger partial charge on any atom is -0.398 e. The van der Waals surface area contributed by atoms with Crippen LogP contribution in [0.15, 0.2) is 0 Å². The maximum atomic E-state index is 5.60. The molecule has 0 saturated heterocycles. The molecule has 0 aromatic carbocycles. The molecule has 0 N–H and O–H groups in total. The van der Waals surface area contributed by atoms with Gasteiger partial charge in [-0.05, 0) is 25.9 Å². The Kier molecular flexibility index (Phi) is 29.0. The van der Waals surface area contributed by atoms with Crippen LogP contribution < -0.4 is 0 Å². The summed E-state index contributed by atoms with van der Waals surface area (Å²) in [6, 6.07) is 7.33. The number of hydrogen-bond acceptors (Lipinski definition) is 4. The Morgan fingerprint density at radius 3 is 0.930 bits per heavy atom. The quantitative estimate of drug-likeness (QED) is 0.0298. The second kappa shape index (κ2) is 28.7. The Morgan fingerprint density at radius 2 is 0.628 bits per heavy atom. The van der Waals surface area contributed by atoms with Crippen molar-refractivity contribution >= 4 is 24.7 Å². The summed E-state index contributed by atoms with van der Waals surface area (Å²) in [5, 5.41) is 0. The van der Waals surface area contributed by atoms with Gasteiger partial charge in [0.25, 0.3) is 0 Å². The molecule has 0 aromatic rings. The first-order valence-electron chi connectivity index (χ1n) is 18.9. The standard InChI is InChI=1S/C36H80O4Si3/c1-9-39-40-31-25-19-13-11-10-12-14-20-26-32-41(4,5)33-27-21-15-16-22-28-34-42(6,7)35-29-23-17-18-24-30-36-43(8,37-2)38-3/h9-36H2,1-8H3. The van der Waals surface area contributed by atoms with Crippen molar-refractivity contribution in [1.29, 1.82) is 0 Å². The van der Waals surface area contributed by atoms with Gasteiger partial charge in [-0.15, -0.1) is 0 Å². The van der Waals surface area contributed by atoms with E-state index in [1.807, 2.05) is 21.1 Å². The number of rotatable bonds is 34. The SMILES string of the molecule is CCOOCCCCCCCCCCC[Si](C)(C)CCCCCCCC[Si](C)(C)CCCCCCCC[Si](C)(OC)OC. The largest absolute Gasteiger partial charge is 0.398 e. The monoisotopic (exact) mass is 661 g/mol. The van der Waals surface area contributed by atoms with Crippen LogP contribution >= 0.6 is 0 Å². The summed E-state index contributed by atoms with van der Waals surface area (Å²) in [6.07, 6.45) is 29.6. The van der Waals surface area contributed by atoms with Gasteiger partial charge in [0, 0.05) is 30.4 Å². The normalized spacial score (nSPS) is 12.8. The number of hydrogen-bond donors (Lipinski definition) is 0. The van der Waals surface area contributed by atoms with E-state index in [1.165, 1.54) is 134 Å². The van der Waals surface area contributed by atoms with E-state index < -0.39 is 24.7 Å². The first-order valence-corrected chi connectivity index (χ1v) is 28.3. The van der Waals surface area contributed by atoms with Crippen LogP contribution in [0.1, 0.15) is 142 Å². The van der Waals surface area contributed by atoms with Crippen LogP contribution in [0, 0.1) is 0 Å². The average Bonchev–Trinajstić information content (AvgIpc) is 2.98. The molecule has 0 unspecified atom stereocenters. The van der Waals surface area contributed by atoms with Gasteiger partial charge < -0.3 is 8.85 Å². The minimum atomic E-state index is -1.84. The van der Waals surface area contributed by atoms with Gasteiger partial charge in [0.05, 0.1) is 13.2 Å². The van der Waals surface area contributed by atoms with E-state index in [0.717, 1.165) is 19.1 Å². The maximum Gasteiger partial charge on any atom is 0.334 e. The smallest absolute Gasteiger partial charge is 0.334 e. The summed E-state index contributed by atoms with van der Waals surface area (Å²) in [5.41, 5.74) is 0. The lowest BCUT2D eigenvalue weighted by molar-refractivity contribution is -0.291. The van der Waals surface area contributed by atoms with Crippen molar-refractivity contribution < 1.29 is 18.6 Å². The predicted molar refractivity (Wildman–Crippen MR) is 199 cm³/mol. The zero-order chi connectivity index (χ0) is 32.1. The van der Waals surface area contributed by atoms with Crippen LogP contribution in [-0.2, 0) is 18.6 Å². The van der Waals surface area contributed by atoms with Crippen LogP contribution in [-0.4, -0.2) is 52.1 Å². The summed E-state index contributed by atoms with van der Waals surface area (Å²) in [6.45, 7) is 16.1.